The molecule has 0 spiro atoms. The summed E-state index contributed by atoms with van der Waals surface area (Å²) in [6.45, 7) is -0.0532. The van der Waals surface area contributed by atoms with Crippen LogP contribution in [0.25, 0.3) is 11.0 Å². The highest BCUT2D eigenvalue weighted by Crippen LogP contribution is 2.20. The quantitative estimate of drug-likeness (QED) is 0.589. The van der Waals surface area contributed by atoms with Crippen molar-refractivity contribution in [3.8, 4) is 11.5 Å². The van der Waals surface area contributed by atoms with Crippen LogP contribution in [0.1, 0.15) is 18.3 Å². The number of H-pyrrole nitrogens is 1. The number of hydrogen-bond acceptors (Lipinski definition) is 5. The van der Waals surface area contributed by atoms with E-state index in [1.807, 2.05) is 30.5 Å². The van der Waals surface area contributed by atoms with Crippen LogP contribution in [-0.4, -0.2) is 41.6 Å². The molecule has 3 aromatic rings. The Kier molecular flexibility index (Phi) is 6.59. The molecule has 0 saturated carbocycles. The number of aromatic amines is 1. The maximum atomic E-state index is 12.4. The van der Waals surface area contributed by atoms with Crippen molar-refractivity contribution < 1.29 is 14.3 Å². The first-order valence-electron chi connectivity index (χ1n) is 8.69. The Bertz CT molecular complexity index is 847. The van der Waals surface area contributed by atoms with E-state index in [-0.39, 0.29) is 18.6 Å². The predicted octanol–water partition coefficient (Wildman–Crippen LogP) is 3.56. The second-order valence-corrected chi connectivity index (χ2v) is 6.99. The number of benzene rings is 2. The second kappa shape index (κ2) is 9.32. The first-order valence-corrected chi connectivity index (χ1v) is 10.1. The normalized spacial score (nSPS) is 11.9. The van der Waals surface area contributed by atoms with Crippen LogP contribution in [0, 0.1) is 0 Å². The van der Waals surface area contributed by atoms with Gasteiger partial charge >= 0.3 is 0 Å². The molecule has 1 aromatic heterocycles. The van der Waals surface area contributed by atoms with Crippen molar-refractivity contribution in [1.82, 2.24) is 15.3 Å². The smallest absolute Gasteiger partial charge is 0.258 e. The Morgan fingerprint density at radius 1 is 1.19 bits per heavy atom. The van der Waals surface area contributed by atoms with Crippen LogP contribution in [0.5, 0.6) is 11.5 Å². The summed E-state index contributed by atoms with van der Waals surface area (Å²) in [7, 11) is 1.61. The van der Waals surface area contributed by atoms with E-state index in [0.29, 0.717) is 5.75 Å². The van der Waals surface area contributed by atoms with Gasteiger partial charge in [-0.05, 0) is 54.8 Å². The zero-order valence-electron chi connectivity index (χ0n) is 15.4. The first-order chi connectivity index (χ1) is 13.2. The Morgan fingerprint density at radius 3 is 2.63 bits per heavy atom. The number of carbonyl (C=O) groups excluding carboxylic acids is 1. The van der Waals surface area contributed by atoms with E-state index >= 15 is 0 Å². The topological polar surface area (TPSA) is 76.2 Å². The standard InChI is InChI=1S/C20H23N3O3S/c1-25-14-7-9-15(10-8-14)26-13-19(24)21-18(11-12-27-2)20-22-16-5-3-4-6-17(16)23-20/h3-10,18H,11-13H2,1-2H3,(H,21,24)(H,22,23)/t18-/m1/s1. The SMILES string of the molecule is COc1ccc(OCC(=O)N[C@H](CCSC)c2nc3ccccc3[nH]2)cc1. The summed E-state index contributed by atoms with van der Waals surface area (Å²) in [5.74, 6) is 2.87. The van der Waals surface area contributed by atoms with Gasteiger partial charge in [0.2, 0.25) is 0 Å². The Labute approximate surface area is 162 Å². The van der Waals surface area contributed by atoms with Gasteiger partial charge in [-0.25, -0.2) is 4.98 Å². The minimum absolute atomic E-state index is 0.0532. The summed E-state index contributed by atoms with van der Waals surface area (Å²) in [4.78, 5) is 20.3. The zero-order valence-corrected chi connectivity index (χ0v) is 16.2. The number of amides is 1. The minimum Gasteiger partial charge on any atom is -0.497 e. The number of fused-ring (bicyclic) bond motifs is 1. The molecule has 1 amide bonds. The number of ether oxygens (including phenoxy) is 2. The van der Waals surface area contributed by atoms with Crippen LogP contribution in [0.15, 0.2) is 48.5 Å². The number of methoxy groups -OCH3 is 1. The molecule has 2 aromatic carbocycles. The highest BCUT2D eigenvalue weighted by Gasteiger charge is 2.18. The van der Waals surface area contributed by atoms with Gasteiger partial charge in [0.1, 0.15) is 17.3 Å². The summed E-state index contributed by atoms with van der Waals surface area (Å²) < 4.78 is 10.7. The van der Waals surface area contributed by atoms with Crippen LogP contribution >= 0.6 is 11.8 Å². The number of hydrogen-bond donors (Lipinski definition) is 2. The summed E-state index contributed by atoms with van der Waals surface area (Å²) in [5.41, 5.74) is 1.86. The molecule has 0 unspecified atom stereocenters. The largest absolute Gasteiger partial charge is 0.497 e. The molecule has 0 fully saturated rings. The molecule has 142 valence electrons. The number of nitrogens with zero attached hydrogens (tertiary/aromatic N) is 1. The van der Waals surface area contributed by atoms with E-state index in [9.17, 15) is 4.79 Å². The van der Waals surface area contributed by atoms with Crippen molar-refractivity contribution >= 4 is 28.7 Å². The summed E-state index contributed by atoms with van der Waals surface area (Å²) in [5, 5.41) is 3.03. The van der Waals surface area contributed by atoms with Gasteiger partial charge in [-0.3, -0.25) is 4.79 Å². The third-order valence-electron chi connectivity index (χ3n) is 4.11. The van der Waals surface area contributed by atoms with Crippen molar-refractivity contribution in [3.05, 3.63) is 54.4 Å². The van der Waals surface area contributed by atoms with Gasteiger partial charge in [-0.15, -0.1) is 0 Å². The van der Waals surface area contributed by atoms with Gasteiger partial charge in [-0.1, -0.05) is 12.1 Å². The van der Waals surface area contributed by atoms with E-state index in [2.05, 4.69) is 15.3 Å². The third kappa shape index (κ3) is 5.17. The fourth-order valence-corrected chi connectivity index (χ4v) is 3.18. The second-order valence-electron chi connectivity index (χ2n) is 6.00. The summed E-state index contributed by atoms with van der Waals surface area (Å²) in [6.07, 6.45) is 2.83. The lowest BCUT2D eigenvalue weighted by molar-refractivity contribution is -0.123. The molecular weight excluding hydrogens is 362 g/mol. The molecule has 0 saturated heterocycles. The van der Waals surface area contributed by atoms with Crippen LogP contribution < -0.4 is 14.8 Å². The number of para-hydroxylation sites is 2. The van der Waals surface area contributed by atoms with E-state index in [1.54, 1.807) is 43.1 Å². The van der Waals surface area contributed by atoms with Crippen molar-refractivity contribution in [1.29, 1.82) is 0 Å². The molecule has 6 nitrogen and oxygen atoms in total. The van der Waals surface area contributed by atoms with Gasteiger partial charge < -0.3 is 19.8 Å². The number of imidazole rings is 1. The maximum Gasteiger partial charge on any atom is 0.258 e. The number of rotatable bonds is 9. The van der Waals surface area contributed by atoms with Gasteiger partial charge in [0.25, 0.3) is 5.91 Å². The van der Waals surface area contributed by atoms with Crippen LogP contribution in [0.2, 0.25) is 0 Å². The monoisotopic (exact) mass is 385 g/mol. The summed E-state index contributed by atoms with van der Waals surface area (Å²) in [6, 6.07) is 14.8. The number of carbonyl (C=O) groups is 1. The Morgan fingerprint density at radius 2 is 1.93 bits per heavy atom. The molecule has 0 aliphatic carbocycles. The van der Waals surface area contributed by atoms with Crippen LogP contribution in [0.4, 0.5) is 0 Å². The maximum absolute atomic E-state index is 12.4. The molecule has 3 rings (SSSR count). The lowest BCUT2D eigenvalue weighted by Gasteiger charge is -2.16. The molecule has 0 aliphatic rings. The van der Waals surface area contributed by atoms with E-state index < -0.39 is 0 Å². The van der Waals surface area contributed by atoms with Crippen LogP contribution in [-0.2, 0) is 4.79 Å². The number of aromatic nitrogens is 2. The number of nitrogens with one attached hydrogen (secondary N) is 2. The molecule has 27 heavy (non-hydrogen) atoms. The highest BCUT2D eigenvalue weighted by molar-refractivity contribution is 7.98. The van der Waals surface area contributed by atoms with Gasteiger partial charge in [0, 0.05) is 0 Å². The average molecular weight is 385 g/mol. The van der Waals surface area contributed by atoms with Gasteiger partial charge in [0.15, 0.2) is 6.61 Å². The average Bonchev–Trinajstić information content (AvgIpc) is 3.14. The molecule has 0 bridgehead atoms. The van der Waals surface area contributed by atoms with Gasteiger partial charge in [0.05, 0.1) is 24.2 Å². The molecular formula is C20H23N3O3S. The molecule has 0 aliphatic heterocycles. The fraction of sp³-hybridized carbons (Fsp3) is 0.300. The fourth-order valence-electron chi connectivity index (χ4n) is 2.71. The minimum atomic E-state index is -0.184. The van der Waals surface area contributed by atoms with Crippen LogP contribution in [0.3, 0.4) is 0 Å². The predicted molar refractivity (Wildman–Crippen MR) is 108 cm³/mol. The van der Waals surface area contributed by atoms with Gasteiger partial charge in [-0.2, -0.15) is 11.8 Å². The van der Waals surface area contributed by atoms with Crippen molar-refractivity contribution in [2.24, 2.45) is 0 Å². The van der Waals surface area contributed by atoms with Crippen molar-refractivity contribution in [2.75, 3.05) is 25.7 Å². The van der Waals surface area contributed by atoms with Crippen molar-refractivity contribution in [2.45, 2.75) is 12.5 Å². The first kappa shape index (κ1) is 19.1. The lowest BCUT2D eigenvalue weighted by Crippen LogP contribution is -2.33. The molecule has 2 N–H and O–H groups in total. The van der Waals surface area contributed by atoms with E-state index in [1.165, 1.54) is 0 Å². The molecule has 1 heterocycles. The van der Waals surface area contributed by atoms with E-state index in [0.717, 1.165) is 34.8 Å². The Balaban J connectivity index is 1.63. The molecule has 0 radical (unpaired) electrons. The highest BCUT2D eigenvalue weighted by atomic mass is 32.2. The molecule has 7 heteroatoms. The van der Waals surface area contributed by atoms with Crippen molar-refractivity contribution in [3.63, 3.8) is 0 Å². The summed E-state index contributed by atoms with van der Waals surface area (Å²) >= 11 is 1.74. The third-order valence-corrected chi connectivity index (χ3v) is 4.76. The number of thioether (sulfide) groups is 1. The Hall–Kier alpha value is -2.67. The zero-order chi connectivity index (χ0) is 19.1. The van der Waals surface area contributed by atoms with E-state index in [4.69, 9.17) is 9.47 Å². The lowest BCUT2D eigenvalue weighted by atomic mass is 10.2. The molecule has 1 atom stereocenters.